The van der Waals surface area contributed by atoms with Gasteiger partial charge in [0.2, 0.25) is 0 Å². The van der Waals surface area contributed by atoms with Crippen LogP contribution in [-0.4, -0.2) is 12.3 Å². The Bertz CT molecular complexity index is 3920. The number of nitrogens with zero attached hydrogens (tertiary/aromatic N) is 1. The lowest BCUT2D eigenvalue weighted by Crippen LogP contribution is -2.41. The monoisotopic (exact) mass is 772 g/mol. The standard InChI is InChI=1S/C52H29BN2OS2/c1-2-11-30-28(10-1)20-22-34-33-15-9-16-36(52(33)54-51(30)34)49-48-35-14-3-6-17-42(35)56-43(48)27-41-50(49)53-39-26-47-38(32-13-5-8-19-45(32)58-47)25-40(39)55(41)29-21-23-46-37(24-29)31-12-4-7-18-44(31)57-46/h1-27,53-54H. The number of para-hydroxylation sites is 2. The van der Waals surface area contributed by atoms with E-state index in [1.54, 1.807) is 0 Å². The first kappa shape index (κ1) is 31.3. The predicted molar refractivity (Wildman–Crippen MR) is 253 cm³/mol. The maximum atomic E-state index is 6.88. The molecule has 0 unspecified atom stereocenters. The fraction of sp³-hybridized carbons (Fsp3) is 0. The fourth-order valence-electron chi connectivity index (χ4n) is 10.1. The maximum absolute atomic E-state index is 6.88. The molecule has 0 atom stereocenters. The summed E-state index contributed by atoms with van der Waals surface area (Å²) in [5, 5.41) is 12.4. The number of H-pyrrole nitrogens is 1. The van der Waals surface area contributed by atoms with Gasteiger partial charge in [0.1, 0.15) is 11.2 Å². The van der Waals surface area contributed by atoms with Gasteiger partial charge in [0.15, 0.2) is 7.28 Å². The zero-order valence-electron chi connectivity index (χ0n) is 31.0. The van der Waals surface area contributed by atoms with Crippen molar-refractivity contribution >= 4 is 153 Å². The maximum Gasteiger partial charge on any atom is 0.198 e. The Morgan fingerprint density at radius 1 is 0.466 bits per heavy atom. The molecule has 0 spiro atoms. The highest BCUT2D eigenvalue weighted by atomic mass is 32.1. The number of rotatable bonds is 2. The second kappa shape index (κ2) is 11.4. The van der Waals surface area contributed by atoms with E-state index in [2.05, 4.69) is 174 Å². The summed E-state index contributed by atoms with van der Waals surface area (Å²) in [6, 6.07) is 60.5. The number of fused-ring (bicyclic) bond motifs is 16. The van der Waals surface area contributed by atoms with Crippen molar-refractivity contribution in [2.24, 2.45) is 0 Å². The Kier molecular flexibility index (Phi) is 6.13. The average Bonchev–Trinajstić information content (AvgIpc) is 4.04. The molecule has 0 radical (unpaired) electrons. The van der Waals surface area contributed by atoms with E-state index in [9.17, 15) is 0 Å². The van der Waals surface area contributed by atoms with Gasteiger partial charge >= 0.3 is 0 Å². The van der Waals surface area contributed by atoms with Crippen molar-refractivity contribution in [1.29, 1.82) is 0 Å². The SMILES string of the molecule is B1c2cc3sc4ccccc4c3cc2N(c2ccc3sc4ccccc4c3c2)c2cc3oc4ccccc4c3c(-c3cccc4c3[nH]c3c5ccccc5ccc43)c21. The third kappa shape index (κ3) is 4.18. The molecule has 268 valence electrons. The highest BCUT2D eigenvalue weighted by molar-refractivity contribution is 7.26. The average molecular weight is 773 g/mol. The normalized spacial score (nSPS) is 12.9. The molecule has 6 heteroatoms. The molecule has 1 aliphatic heterocycles. The molecular weight excluding hydrogens is 744 g/mol. The minimum atomic E-state index is 0.791. The number of hydrogen-bond donors (Lipinski definition) is 1. The van der Waals surface area contributed by atoms with Crippen LogP contribution in [0.15, 0.2) is 168 Å². The molecule has 13 aromatic rings. The summed E-state index contributed by atoms with van der Waals surface area (Å²) in [5.41, 5.74) is 12.7. The molecule has 5 heterocycles. The van der Waals surface area contributed by atoms with Gasteiger partial charge in [0.05, 0.1) is 11.0 Å². The van der Waals surface area contributed by atoms with Crippen LogP contribution in [0.2, 0.25) is 0 Å². The largest absolute Gasteiger partial charge is 0.456 e. The van der Waals surface area contributed by atoms with Gasteiger partial charge in [0, 0.05) is 96.0 Å². The first-order chi connectivity index (χ1) is 28.7. The third-order valence-corrected chi connectivity index (χ3v) is 14.9. The summed E-state index contributed by atoms with van der Waals surface area (Å²) < 4.78 is 12.1. The van der Waals surface area contributed by atoms with Crippen LogP contribution in [0.1, 0.15) is 0 Å². The number of thiophene rings is 2. The van der Waals surface area contributed by atoms with E-state index in [0.29, 0.717) is 0 Å². The van der Waals surface area contributed by atoms with Gasteiger partial charge in [-0.3, -0.25) is 0 Å². The second-order valence-corrected chi connectivity index (χ2v) is 17.8. The van der Waals surface area contributed by atoms with Crippen molar-refractivity contribution in [3.63, 3.8) is 0 Å². The Morgan fingerprint density at radius 3 is 2.02 bits per heavy atom. The first-order valence-electron chi connectivity index (χ1n) is 19.8. The van der Waals surface area contributed by atoms with Crippen LogP contribution in [0.3, 0.4) is 0 Å². The summed E-state index contributed by atoms with van der Waals surface area (Å²) in [7, 11) is 0.791. The summed E-state index contributed by atoms with van der Waals surface area (Å²) in [6.45, 7) is 0. The Hall–Kier alpha value is -6.86. The lowest BCUT2D eigenvalue weighted by atomic mass is 9.57. The number of hydrogen-bond acceptors (Lipinski definition) is 4. The molecule has 0 aliphatic carbocycles. The van der Waals surface area contributed by atoms with E-state index in [1.807, 2.05) is 22.7 Å². The van der Waals surface area contributed by atoms with Crippen LogP contribution in [0.4, 0.5) is 17.1 Å². The van der Waals surface area contributed by atoms with Gasteiger partial charge in [-0.25, -0.2) is 0 Å². The van der Waals surface area contributed by atoms with Crippen LogP contribution < -0.4 is 15.8 Å². The van der Waals surface area contributed by atoms with Gasteiger partial charge in [-0.1, -0.05) is 115 Å². The van der Waals surface area contributed by atoms with Gasteiger partial charge in [0.25, 0.3) is 0 Å². The van der Waals surface area contributed by atoms with E-state index >= 15 is 0 Å². The zero-order valence-corrected chi connectivity index (χ0v) is 32.6. The van der Waals surface area contributed by atoms with Crippen molar-refractivity contribution in [3.05, 3.63) is 164 Å². The zero-order chi connectivity index (χ0) is 37.6. The minimum absolute atomic E-state index is 0.791. The molecule has 9 aromatic carbocycles. The van der Waals surface area contributed by atoms with Crippen LogP contribution in [0.5, 0.6) is 0 Å². The summed E-state index contributed by atoms with van der Waals surface area (Å²) in [4.78, 5) is 6.52. The number of nitrogens with one attached hydrogen (secondary N) is 1. The summed E-state index contributed by atoms with van der Waals surface area (Å²) >= 11 is 3.76. The van der Waals surface area contributed by atoms with E-state index in [0.717, 1.165) is 46.1 Å². The molecule has 0 amide bonds. The van der Waals surface area contributed by atoms with E-state index in [4.69, 9.17) is 4.42 Å². The number of aromatic nitrogens is 1. The van der Waals surface area contributed by atoms with Gasteiger partial charge in [-0.2, -0.15) is 0 Å². The molecule has 0 bridgehead atoms. The van der Waals surface area contributed by atoms with Crippen molar-refractivity contribution in [3.8, 4) is 11.1 Å². The molecule has 58 heavy (non-hydrogen) atoms. The van der Waals surface area contributed by atoms with Crippen LogP contribution >= 0.6 is 22.7 Å². The first-order valence-corrected chi connectivity index (χ1v) is 21.4. The van der Waals surface area contributed by atoms with E-state index in [-0.39, 0.29) is 0 Å². The number of anilines is 3. The second-order valence-electron chi connectivity index (χ2n) is 15.6. The van der Waals surface area contributed by atoms with Crippen molar-refractivity contribution < 1.29 is 4.42 Å². The molecule has 14 rings (SSSR count). The molecule has 0 fully saturated rings. The van der Waals surface area contributed by atoms with Crippen LogP contribution in [0, 0.1) is 0 Å². The molecule has 1 N–H and O–H groups in total. The predicted octanol–water partition coefficient (Wildman–Crippen LogP) is 13.9. The van der Waals surface area contributed by atoms with Gasteiger partial charge in [-0.15, -0.1) is 22.7 Å². The van der Waals surface area contributed by atoms with E-state index < -0.39 is 0 Å². The topological polar surface area (TPSA) is 32.2 Å². The van der Waals surface area contributed by atoms with Crippen LogP contribution in [-0.2, 0) is 0 Å². The molecule has 1 aliphatic rings. The van der Waals surface area contributed by atoms with Crippen molar-refractivity contribution in [2.75, 3.05) is 4.90 Å². The number of benzene rings is 9. The number of aromatic amines is 1. The summed E-state index contributed by atoms with van der Waals surface area (Å²) in [6.07, 6.45) is 0. The van der Waals surface area contributed by atoms with Gasteiger partial charge < -0.3 is 14.3 Å². The lowest BCUT2D eigenvalue weighted by molar-refractivity contribution is 0.669. The van der Waals surface area contributed by atoms with Crippen molar-refractivity contribution in [1.82, 2.24) is 4.98 Å². The quantitative estimate of drug-likeness (QED) is 0.178. The Labute approximate surface area is 340 Å². The van der Waals surface area contributed by atoms with Crippen LogP contribution in [0.25, 0.3) is 106 Å². The molecular formula is C52H29BN2OS2. The summed E-state index contributed by atoms with van der Waals surface area (Å²) in [5.74, 6) is 0. The molecule has 0 saturated heterocycles. The van der Waals surface area contributed by atoms with E-state index in [1.165, 1.54) is 95.1 Å². The number of furan rings is 1. The third-order valence-electron chi connectivity index (χ3n) is 12.6. The highest BCUT2D eigenvalue weighted by Gasteiger charge is 2.32. The lowest BCUT2D eigenvalue weighted by Gasteiger charge is -2.35. The Morgan fingerprint density at radius 2 is 1.16 bits per heavy atom. The Balaban J connectivity index is 1.13. The molecule has 3 nitrogen and oxygen atoms in total. The van der Waals surface area contributed by atoms with Gasteiger partial charge in [-0.05, 0) is 64.9 Å². The van der Waals surface area contributed by atoms with Crippen molar-refractivity contribution in [2.45, 2.75) is 0 Å². The molecule has 0 saturated carbocycles. The fourth-order valence-corrected chi connectivity index (χ4v) is 12.3. The molecule has 4 aromatic heterocycles. The smallest absolute Gasteiger partial charge is 0.198 e. The highest BCUT2D eigenvalue weighted by Crippen LogP contribution is 2.48. The minimum Gasteiger partial charge on any atom is -0.456 e.